The van der Waals surface area contributed by atoms with E-state index in [2.05, 4.69) is 17.1 Å². The third-order valence-corrected chi connectivity index (χ3v) is 4.75. The molecule has 5 rings (SSSR count). The first-order valence-electron chi connectivity index (χ1n) is 8.39. The molecular weight excluding hydrogens is 342 g/mol. The third-order valence-electron chi connectivity index (χ3n) is 4.50. The maximum Gasteiger partial charge on any atom is 0.139 e. The smallest absolute Gasteiger partial charge is 0.139 e. The molecule has 0 bridgehead atoms. The SMILES string of the molecule is Clc1ccc(-c2cc(-c3nc4ccccc4[nH]3)c3ccccc3n2)cc1. The molecule has 0 radical (unpaired) electrons. The van der Waals surface area contributed by atoms with E-state index < -0.39 is 0 Å². The fourth-order valence-corrected chi connectivity index (χ4v) is 3.35. The number of nitrogens with zero attached hydrogens (tertiary/aromatic N) is 2. The van der Waals surface area contributed by atoms with Crippen molar-refractivity contribution in [1.29, 1.82) is 0 Å². The molecule has 0 saturated heterocycles. The summed E-state index contributed by atoms with van der Waals surface area (Å²) in [6.45, 7) is 0. The Morgan fingerprint density at radius 3 is 2.27 bits per heavy atom. The molecule has 0 fully saturated rings. The number of H-pyrrole nitrogens is 1. The monoisotopic (exact) mass is 355 g/mol. The zero-order valence-electron chi connectivity index (χ0n) is 13.8. The second kappa shape index (κ2) is 5.97. The molecule has 0 amide bonds. The lowest BCUT2D eigenvalue weighted by atomic mass is 10.0. The molecule has 0 unspecified atom stereocenters. The summed E-state index contributed by atoms with van der Waals surface area (Å²) in [4.78, 5) is 13.0. The first-order valence-corrected chi connectivity index (χ1v) is 8.76. The van der Waals surface area contributed by atoms with Gasteiger partial charge in [0.15, 0.2) is 0 Å². The van der Waals surface area contributed by atoms with Crippen LogP contribution in [-0.2, 0) is 0 Å². The number of nitrogens with one attached hydrogen (secondary N) is 1. The predicted molar refractivity (Wildman–Crippen MR) is 107 cm³/mol. The summed E-state index contributed by atoms with van der Waals surface area (Å²) < 4.78 is 0. The number of benzene rings is 3. The van der Waals surface area contributed by atoms with Crippen LogP contribution in [0.3, 0.4) is 0 Å². The summed E-state index contributed by atoms with van der Waals surface area (Å²) in [6.07, 6.45) is 0. The van der Waals surface area contributed by atoms with E-state index >= 15 is 0 Å². The number of pyridine rings is 1. The van der Waals surface area contributed by atoms with Crippen LogP contribution in [0.15, 0.2) is 78.9 Å². The average molecular weight is 356 g/mol. The Balaban J connectivity index is 1.78. The average Bonchev–Trinajstić information content (AvgIpc) is 3.12. The standard InChI is InChI=1S/C22H14ClN3/c23-15-11-9-14(10-12-15)21-13-17(16-5-1-2-6-18(16)24-21)22-25-19-7-3-4-8-20(19)26-22/h1-13H,(H,25,26). The lowest BCUT2D eigenvalue weighted by Gasteiger charge is -2.08. The van der Waals surface area contributed by atoms with Gasteiger partial charge in [0, 0.05) is 21.5 Å². The van der Waals surface area contributed by atoms with Crippen LogP contribution >= 0.6 is 11.6 Å². The summed E-state index contributed by atoms with van der Waals surface area (Å²) in [5.41, 5.74) is 5.88. The number of aromatic nitrogens is 3. The molecule has 26 heavy (non-hydrogen) atoms. The number of hydrogen-bond acceptors (Lipinski definition) is 2. The second-order valence-electron chi connectivity index (χ2n) is 6.18. The Labute approximate surface area is 155 Å². The molecule has 0 aliphatic heterocycles. The molecule has 3 aromatic carbocycles. The van der Waals surface area contributed by atoms with Crippen LogP contribution in [-0.4, -0.2) is 15.0 Å². The molecular formula is C22H14ClN3. The van der Waals surface area contributed by atoms with Crippen LogP contribution in [0.4, 0.5) is 0 Å². The molecule has 0 aliphatic carbocycles. The highest BCUT2D eigenvalue weighted by atomic mass is 35.5. The molecule has 124 valence electrons. The summed E-state index contributed by atoms with van der Waals surface area (Å²) >= 11 is 6.03. The van der Waals surface area contributed by atoms with Crippen molar-refractivity contribution >= 4 is 33.5 Å². The minimum atomic E-state index is 0.715. The number of imidazole rings is 1. The lowest BCUT2D eigenvalue weighted by molar-refractivity contribution is 1.32. The van der Waals surface area contributed by atoms with Crippen LogP contribution in [0.2, 0.25) is 5.02 Å². The highest BCUT2D eigenvalue weighted by Gasteiger charge is 2.12. The molecule has 3 nitrogen and oxygen atoms in total. The lowest BCUT2D eigenvalue weighted by Crippen LogP contribution is -1.91. The van der Waals surface area contributed by atoms with Gasteiger partial charge in [-0.3, -0.25) is 0 Å². The Morgan fingerprint density at radius 1 is 0.731 bits per heavy atom. The van der Waals surface area contributed by atoms with Crippen molar-refractivity contribution < 1.29 is 0 Å². The zero-order chi connectivity index (χ0) is 17.5. The van der Waals surface area contributed by atoms with Crippen LogP contribution in [0.1, 0.15) is 0 Å². The number of rotatable bonds is 2. The van der Waals surface area contributed by atoms with E-state index in [1.165, 1.54) is 0 Å². The first-order chi connectivity index (χ1) is 12.8. The molecule has 0 atom stereocenters. The number of aromatic amines is 1. The fourth-order valence-electron chi connectivity index (χ4n) is 3.22. The molecule has 4 heteroatoms. The normalized spacial score (nSPS) is 11.3. The van der Waals surface area contributed by atoms with E-state index in [0.29, 0.717) is 5.02 Å². The van der Waals surface area contributed by atoms with Gasteiger partial charge in [-0.2, -0.15) is 0 Å². The van der Waals surface area contributed by atoms with E-state index in [-0.39, 0.29) is 0 Å². The summed E-state index contributed by atoms with van der Waals surface area (Å²) in [6, 6.07) is 26.0. The molecule has 0 saturated carbocycles. The maximum atomic E-state index is 6.03. The number of para-hydroxylation sites is 3. The van der Waals surface area contributed by atoms with Crippen molar-refractivity contribution in [3.05, 3.63) is 83.9 Å². The number of hydrogen-bond donors (Lipinski definition) is 1. The predicted octanol–water partition coefficient (Wildman–Crippen LogP) is 6.10. The van der Waals surface area contributed by atoms with Crippen molar-refractivity contribution in [2.24, 2.45) is 0 Å². The van der Waals surface area contributed by atoms with E-state index in [1.807, 2.05) is 66.7 Å². The zero-order valence-corrected chi connectivity index (χ0v) is 14.5. The summed E-state index contributed by atoms with van der Waals surface area (Å²) in [7, 11) is 0. The van der Waals surface area contributed by atoms with Gasteiger partial charge < -0.3 is 4.98 Å². The second-order valence-corrected chi connectivity index (χ2v) is 6.62. The van der Waals surface area contributed by atoms with Crippen molar-refractivity contribution in [1.82, 2.24) is 15.0 Å². The van der Waals surface area contributed by atoms with Gasteiger partial charge in [0.2, 0.25) is 0 Å². The molecule has 2 aromatic heterocycles. The Bertz CT molecular complexity index is 1210. The fraction of sp³-hybridized carbons (Fsp3) is 0. The molecule has 0 aliphatic rings. The quantitative estimate of drug-likeness (QED) is 0.415. The van der Waals surface area contributed by atoms with Crippen LogP contribution < -0.4 is 0 Å². The topological polar surface area (TPSA) is 41.6 Å². The van der Waals surface area contributed by atoms with Crippen molar-refractivity contribution in [3.8, 4) is 22.6 Å². The van der Waals surface area contributed by atoms with E-state index in [9.17, 15) is 0 Å². The highest BCUT2D eigenvalue weighted by molar-refractivity contribution is 6.30. The largest absolute Gasteiger partial charge is 0.338 e. The minimum Gasteiger partial charge on any atom is -0.338 e. The van der Waals surface area contributed by atoms with Crippen molar-refractivity contribution in [2.45, 2.75) is 0 Å². The van der Waals surface area contributed by atoms with Gasteiger partial charge in [-0.1, -0.05) is 54.1 Å². The Hall–Kier alpha value is -3.17. The van der Waals surface area contributed by atoms with Crippen LogP contribution in [0.25, 0.3) is 44.6 Å². The summed E-state index contributed by atoms with van der Waals surface area (Å²) in [5.74, 6) is 0.847. The van der Waals surface area contributed by atoms with E-state index in [4.69, 9.17) is 21.6 Å². The molecule has 2 heterocycles. The van der Waals surface area contributed by atoms with Gasteiger partial charge in [-0.15, -0.1) is 0 Å². The van der Waals surface area contributed by atoms with Crippen LogP contribution in [0.5, 0.6) is 0 Å². The Kier molecular flexibility index (Phi) is 3.47. The molecule has 0 spiro atoms. The van der Waals surface area contributed by atoms with Gasteiger partial charge in [0.25, 0.3) is 0 Å². The van der Waals surface area contributed by atoms with Crippen molar-refractivity contribution in [3.63, 3.8) is 0 Å². The number of halogens is 1. The number of fused-ring (bicyclic) bond motifs is 2. The first kappa shape index (κ1) is 15.1. The summed E-state index contributed by atoms with van der Waals surface area (Å²) in [5, 5.41) is 1.79. The minimum absolute atomic E-state index is 0.715. The van der Waals surface area contributed by atoms with Crippen molar-refractivity contribution in [2.75, 3.05) is 0 Å². The van der Waals surface area contributed by atoms with Crippen LogP contribution in [0, 0.1) is 0 Å². The molecule has 5 aromatic rings. The van der Waals surface area contributed by atoms with Gasteiger partial charge >= 0.3 is 0 Å². The van der Waals surface area contributed by atoms with E-state index in [0.717, 1.165) is 44.6 Å². The van der Waals surface area contributed by atoms with Gasteiger partial charge in [0.05, 0.1) is 22.2 Å². The Morgan fingerprint density at radius 2 is 1.46 bits per heavy atom. The third kappa shape index (κ3) is 2.54. The van der Waals surface area contributed by atoms with E-state index in [1.54, 1.807) is 0 Å². The van der Waals surface area contributed by atoms with Gasteiger partial charge in [0.1, 0.15) is 5.82 Å². The van der Waals surface area contributed by atoms with Gasteiger partial charge in [-0.05, 0) is 36.4 Å². The highest BCUT2D eigenvalue weighted by Crippen LogP contribution is 2.32. The maximum absolute atomic E-state index is 6.03. The van der Waals surface area contributed by atoms with Gasteiger partial charge in [-0.25, -0.2) is 9.97 Å². The molecule has 1 N–H and O–H groups in total.